The summed E-state index contributed by atoms with van der Waals surface area (Å²) in [7, 11) is 0. The number of H-pyrrole nitrogens is 1. The molecule has 0 spiro atoms. The number of amides is 3. The fourth-order valence-electron chi connectivity index (χ4n) is 4.83. The van der Waals surface area contributed by atoms with Crippen LogP contribution in [0.1, 0.15) is 35.1 Å². The Morgan fingerprint density at radius 2 is 1.63 bits per heavy atom. The van der Waals surface area contributed by atoms with Crippen molar-refractivity contribution in [3.05, 3.63) is 96.2 Å². The van der Waals surface area contributed by atoms with E-state index < -0.39 is 11.3 Å². The van der Waals surface area contributed by atoms with E-state index in [1.165, 1.54) is 16.7 Å². The zero-order chi connectivity index (χ0) is 26.6. The summed E-state index contributed by atoms with van der Waals surface area (Å²) < 4.78 is 0. The first-order valence-electron chi connectivity index (χ1n) is 12.8. The Kier molecular flexibility index (Phi) is 7.51. The number of aromatic amines is 1. The lowest BCUT2D eigenvalue weighted by atomic mass is 10.0. The van der Waals surface area contributed by atoms with E-state index in [2.05, 4.69) is 10.3 Å². The van der Waals surface area contributed by atoms with E-state index in [9.17, 15) is 14.4 Å². The van der Waals surface area contributed by atoms with Crippen LogP contribution in [0.2, 0.25) is 0 Å². The molecule has 8 heteroatoms. The number of nitrogens with one attached hydrogen (secondary N) is 2. The number of aromatic nitrogens is 1. The van der Waals surface area contributed by atoms with Crippen molar-refractivity contribution < 1.29 is 14.4 Å². The average Bonchev–Trinajstić information content (AvgIpc) is 3.35. The maximum absolute atomic E-state index is 14.3. The normalized spacial score (nSPS) is 17.1. The number of anilines is 1. The molecule has 4 aromatic rings. The third-order valence-electron chi connectivity index (χ3n) is 6.84. The molecule has 2 heterocycles. The summed E-state index contributed by atoms with van der Waals surface area (Å²) in [4.78, 5) is 48.3. The van der Waals surface area contributed by atoms with E-state index in [0.29, 0.717) is 24.5 Å². The van der Waals surface area contributed by atoms with Crippen molar-refractivity contribution in [3.8, 4) is 0 Å². The van der Waals surface area contributed by atoms with Gasteiger partial charge in [-0.1, -0.05) is 60.7 Å². The fraction of sp³-hybridized carbons (Fsp3) is 0.233. The van der Waals surface area contributed by atoms with Gasteiger partial charge in [-0.05, 0) is 43.7 Å². The Hall–Kier alpha value is -4.04. The van der Waals surface area contributed by atoms with Crippen LogP contribution in [-0.2, 0) is 9.59 Å². The lowest BCUT2D eigenvalue weighted by Crippen LogP contribution is -2.53. The van der Waals surface area contributed by atoms with Crippen molar-refractivity contribution in [2.75, 3.05) is 24.5 Å². The minimum absolute atomic E-state index is 0.0989. The van der Waals surface area contributed by atoms with Gasteiger partial charge in [-0.3, -0.25) is 14.4 Å². The van der Waals surface area contributed by atoms with Crippen molar-refractivity contribution in [1.82, 2.24) is 15.2 Å². The predicted octanol–water partition coefficient (Wildman–Crippen LogP) is 5.01. The Labute approximate surface area is 226 Å². The van der Waals surface area contributed by atoms with Gasteiger partial charge in [0.1, 0.15) is 18.3 Å². The maximum atomic E-state index is 14.3. The van der Waals surface area contributed by atoms with Gasteiger partial charge in [0.15, 0.2) is 0 Å². The number of fused-ring (bicyclic) bond motifs is 2. The molecule has 0 fully saturated rings. The fourth-order valence-corrected chi connectivity index (χ4v) is 6.17. The van der Waals surface area contributed by atoms with Crippen molar-refractivity contribution in [2.24, 2.45) is 0 Å². The molecular weight excluding hydrogens is 496 g/mol. The molecule has 1 aliphatic heterocycles. The molecule has 1 aromatic heterocycles. The molecule has 3 aromatic carbocycles. The van der Waals surface area contributed by atoms with Gasteiger partial charge in [-0.15, -0.1) is 11.8 Å². The molecule has 1 aliphatic rings. The predicted molar refractivity (Wildman–Crippen MR) is 151 cm³/mol. The summed E-state index contributed by atoms with van der Waals surface area (Å²) in [6.07, 6.45) is 0. The number of hydrogen-bond acceptors (Lipinski definition) is 4. The van der Waals surface area contributed by atoms with E-state index in [0.717, 1.165) is 21.4 Å². The van der Waals surface area contributed by atoms with Gasteiger partial charge >= 0.3 is 0 Å². The highest BCUT2D eigenvalue weighted by Gasteiger charge is 2.40. The first-order chi connectivity index (χ1) is 18.5. The molecule has 2 N–H and O–H groups in total. The smallest absolute Gasteiger partial charge is 0.268 e. The zero-order valence-electron chi connectivity index (χ0n) is 21.4. The summed E-state index contributed by atoms with van der Waals surface area (Å²) in [5.74, 6) is -0.828. The Morgan fingerprint density at radius 1 is 0.947 bits per heavy atom. The van der Waals surface area contributed by atoms with Gasteiger partial charge < -0.3 is 20.1 Å². The van der Waals surface area contributed by atoms with Gasteiger partial charge in [0.2, 0.25) is 5.91 Å². The summed E-state index contributed by atoms with van der Waals surface area (Å²) in [6.45, 7) is 4.86. The zero-order valence-corrected chi connectivity index (χ0v) is 22.2. The van der Waals surface area contributed by atoms with E-state index in [-0.39, 0.29) is 24.3 Å². The minimum atomic E-state index is -0.904. The number of rotatable bonds is 7. The Bertz CT molecular complexity index is 1430. The van der Waals surface area contributed by atoms with Crippen LogP contribution in [0.25, 0.3) is 10.9 Å². The number of carbonyl (C=O) groups excluding carboxylic acids is 3. The number of hydrogen-bond donors (Lipinski definition) is 2. The maximum Gasteiger partial charge on any atom is 0.268 e. The lowest BCUT2D eigenvalue weighted by molar-refractivity contribution is -0.131. The van der Waals surface area contributed by atoms with Crippen LogP contribution in [-0.4, -0.2) is 53.3 Å². The van der Waals surface area contributed by atoms with Crippen LogP contribution in [0.3, 0.4) is 0 Å². The number of nitrogens with zero attached hydrogens (tertiary/aromatic N) is 2. The van der Waals surface area contributed by atoms with Crippen molar-refractivity contribution in [1.29, 1.82) is 0 Å². The number of para-hydroxylation sites is 2. The number of likely N-dealkylation sites (N-methyl/N-ethyl adjacent to an activating group) is 1. The van der Waals surface area contributed by atoms with Crippen LogP contribution in [0.4, 0.5) is 5.69 Å². The standard InChI is InChI=1S/C30H30N4O3S/c1-3-33(4-2)26(35)19-34-24-16-10-11-17-25(24)38-28(20-12-6-5-7-13-20)27(30(34)37)32-29(36)23-18-21-14-8-9-15-22(21)31-23/h5-18,27-28,31H,3-4,19H2,1-2H3,(H,32,36)/t27-,28+/m1/s1. The van der Waals surface area contributed by atoms with Crippen LogP contribution < -0.4 is 10.2 Å². The highest BCUT2D eigenvalue weighted by Crippen LogP contribution is 2.45. The average molecular weight is 527 g/mol. The number of carbonyl (C=O) groups is 3. The largest absolute Gasteiger partial charge is 0.351 e. The molecule has 0 saturated heterocycles. The second kappa shape index (κ2) is 11.1. The van der Waals surface area contributed by atoms with Crippen molar-refractivity contribution in [3.63, 3.8) is 0 Å². The van der Waals surface area contributed by atoms with Gasteiger partial charge in [0.25, 0.3) is 11.8 Å². The third-order valence-corrected chi connectivity index (χ3v) is 8.24. The SMILES string of the molecule is CCN(CC)C(=O)CN1C(=O)[C@H](NC(=O)c2cc3ccccc3[nH]2)[C@H](c2ccccc2)Sc2ccccc21. The molecule has 5 rings (SSSR count). The molecule has 2 atom stereocenters. The van der Waals surface area contributed by atoms with Gasteiger partial charge in [-0.25, -0.2) is 0 Å². The quantitative estimate of drug-likeness (QED) is 0.354. The lowest BCUT2D eigenvalue weighted by Gasteiger charge is -2.30. The summed E-state index contributed by atoms with van der Waals surface area (Å²) >= 11 is 1.52. The first-order valence-corrected chi connectivity index (χ1v) is 13.7. The summed E-state index contributed by atoms with van der Waals surface area (Å²) in [5, 5.41) is 3.54. The van der Waals surface area contributed by atoms with Gasteiger partial charge in [-0.2, -0.15) is 0 Å². The molecule has 0 bridgehead atoms. The van der Waals surface area contributed by atoms with Crippen molar-refractivity contribution in [2.45, 2.75) is 30.0 Å². The molecular formula is C30H30N4O3S. The number of thioether (sulfide) groups is 1. The van der Waals surface area contributed by atoms with Crippen LogP contribution in [0.15, 0.2) is 89.8 Å². The summed E-state index contributed by atoms with van der Waals surface area (Å²) in [6, 6.07) is 25.8. The number of benzene rings is 3. The van der Waals surface area contributed by atoms with E-state index in [4.69, 9.17) is 0 Å². The molecule has 194 valence electrons. The van der Waals surface area contributed by atoms with Gasteiger partial charge in [0.05, 0.1) is 10.9 Å². The molecule has 7 nitrogen and oxygen atoms in total. The van der Waals surface area contributed by atoms with Crippen LogP contribution >= 0.6 is 11.8 Å². The topological polar surface area (TPSA) is 85.5 Å². The van der Waals surface area contributed by atoms with E-state index >= 15 is 0 Å². The highest BCUT2D eigenvalue weighted by molar-refractivity contribution is 7.99. The highest BCUT2D eigenvalue weighted by atomic mass is 32.2. The Morgan fingerprint density at radius 3 is 2.37 bits per heavy atom. The first kappa shape index (κ1) is 25.6. The van der Waals surface area contributed by atoms with E-state index in [1.807, 2.05) is 92.7 Å². The van der Waals surface area contributed by atoms with Crippen LogP contribution in [0, 0.1) is 0 Å². The van der Waals surface area contributed by atoms with Gasteiger partial charge in [0, 0.05) is 28.9 Å². The Balaban J connectivity index is 1.55. The third kappa shape index (κ3) is 5.04. The van der Waals surface area contributed by atoms with Crippen molar-refractivity contribution >= 4 is 46.1 Å². The van der Waals surface area contributed by atoms with Crippen LogP contribution in [0.5, 0.6) is 0 Å². The molecule has 38 heavy (non-hydrogen) atoms. The minimum Gasteiger partial charge on any atom is -0.351 e. The van der Waals surface area contributed by atoms with E-state index in [1.54, 1.807) is 11.0 Å². The second-order valence-electron chi connectivity index (χ2n) is 9.13. The molecule has 0 radical (unpaired) electrons. The molecule has 3 amide bonds. The monoisotopic (exact) mass is 526 g/mol. The molecule has 0 unspecified atom stereocenters. The molecule has 0 saturated carbocycles. The molecule has 0 aliphatic carbocycles. The second-order valence-corrected chi connectivity index (χ2v) is 10.3. The summed E-state index contributed by atoms with van der Waals surface area (Å²) in [5.41, 5.74) is 2.81.